The van der Waals surface area contributed by atoms with Crippen molar-refractivity contribution >= 4 is 17.2 Å². The first kappa shape index (κ1) is 7.27. The zero-order valence-electron chi connectivity index (χ0n) is 6.45. The quantitative estimate of drug-likeness (QED) is 0.587. The van der Waals surface area contributed by atoms with Crippen molar-refractivity contribution in [1.82, 2.24) is 0 Å². The number of carbonyl (C=O) groups is 1. The van der Waals surface area contributed by atoms with Crippen LogP contribution < -0.4 is 0 Å². The van der Waals surface area contributed by atoms with E-state index in [0.717, 1.165) is 0 Å². The van der Waals surface area contributed by atoms with Gasteiger partial charge in [-0.2, -0.15) is 0 Å². The summed E-state index contributed by atoms with van der Waals surface area (Å²) >= 11 is 0. The zero-order valence-corrected chi connectivity index (χ0v) is 6.45. The molecule has 0 N–H and O–H groups in total. The normalized spacial score (nSPS) is 21.0. The van der Waals surface area contributed by atoms with Gasteiger partial charge in [-0.05, 0) is 0 Å². The fraction of sp³-hybridized carbons (Fsp3) is 0.571. The van der Waals surface area contributed by atoms with Crippen LogP contribution in [0.4, 0.5) is 0 Å². The van der Waals surface area contributed by atoms with Gasteiger partial charge in [0.1, 0.15) is 24.6 Å². The molecule has 0 fully saturated rings. The van der Waals surface area contributed by atoms with Crippen LogP contribution in [0.15, 0.2) is 10.3 Å². The van der Waals surface area contributed by atoms with E-state index in [4.69, 9.17) is 9.68 Å². The molecule has 5 heteroatoms. The lowest BCUT2D eigenvalue weighted by molar-refractivity contribution is -0.107. The second-order valence-corrected chi connectivity index (χ2v) is 2.57. The molecule has 0 aromatic carbocycles. The molecule has 0 saturated carbocycles. The largest absolute Gasteiger partial charge is 0.395 e. The second-order valence-electron chi connectivity index (χ2n) is 2.57. The lowest BCUT2D eigenvalue weighted by Gasteiger charge is -1.92. The van der Waals surface area contributed by atoms with Crippen LogP contribution in [0, 0.1) is 0 Å². The number of carbonyl (C=O) groups excluding carboxylic acids is 1. The molecule has 5 nitrogen and oxygen atoms in total. The van der Waals surface area contributed by atoms with Crippen LogP contribution in [0.25, 0.3) is 0 Å². The van der Waals surface area contributed by atoms with Crippen LogP contribution in [0.5, 0.6) is 0 Å². The van der Waals surface area contributed by atoms with Crippen LogP contribution in [-0.4, -0.2) is 30.4 Å². The second kappa shape index (κ2) is 2.92. The minimum absolute atomic E-state index is 0.134. The monoisotopic (exact) mass is 168 g/mol. The van der Waals surface area contributed by atoms with Crippen molar-refractivity contribution in [2.24, 2.45) is 10.3 Å². The highest BCUT2D eigenvalue weighted by molar-refractivity contribution is 6.66. The Bertz CT molecular complexity index is 244. The Kier molecular flexibility index (Phi) is 1.77. The van der Waals surface area contributed by atoms with Gasteiger partial charge in [0.05, 0.1) is 0 Å². The summed E-state index contributed by atoms with van der Waals surface area (Å²) in [5.74, 6) is -0.134. The first-order valence-electron chi connectivity index (χ1n) is 3.80. The van der Waals surface area contributed by atoms with Gasteiger partial charge in [-0.15, -0.1) is 0 Å². The number of Topliss-reactive ketones (excluding diaryl/α,β-unsaturated/α-hetero) is 1. The van der Waals surface area contributed by atoms with E-state index in [-0.39, 0.29) is 5.78 Å². The van der Waals surface area contributed by atoms with Gasteiger partial charge in [0.15, 0.2) is 0 Å². The summed E-state index contributed by atoms with van der Waals surface area (Å²) in [6.45, 7) is 0.990. The number of hydrogen-bond donors (Lipinski definition) is 0. The summed E-state index contributed by atoms with van der Waals surface area (Å²) in [4.78, 5) is 20.8. The van der Waals surface area contributed by atoms with Crippen molar-refractivity contribution in [1.29, 1.82) is 0 Å². The lowest BCUT2D eigenvalue weighted by Crippen LogP contribution is -2.21. The fourth-order valence-corrected chi connectivity index (χ4v) is 1.10. The molecule has 2 aliphatic heterocycles. The van der Waals surface area contributed by atoms with Crippen molar-refractivity contribution < 1.29 is 14.5 Å². The highest BCUT2D eigenvalue weighted by atomic mass is 16.6. The maximum Gasteiger partial charge on any atom is 0.228 e. The lowest BCUT2D eigenvalue weighted by atomic mass is 10.1. The molecule has 2 aliphatic rings. The Hall–Kier alpha value is -1.39. The number of ketones is 1. The third-order valence-electron chi connectivity index (χ3n) is 1.73. The molecule has 0 amide bonds. The number of hydrogen-bond acceptors (Lipinski definition) is 5. The van der Waals surface area contributed by atoms with E-state index in [0.29, 0.717) is 37.5 Å². The van der Waals surface area contributed by atoms with Crippen molar-refractivity contribution in [2.75, 3.05) is 13.2 Å². The molecule has 0 radical (unpaired) electrons. The predicted molar refractivity (Wildman–Crippen MR) is 41.0 cm³/mol. The molecule has 0 saturated heterocycles. The van der Waals surface area contributed by atoms with Crippen molar-refractivity contribution in [2.45, 2.75) is 12.8 Å². The summed E-state index contributed by atoms with van der Waals surface area (Å²) in [5, 5.41) is 7.22. The van der Waals surface area contributed by atoms with Crippen LogP contribution in [0.2, 0.25) is 0 Å². The standard InChI is InChI=1S/C7H8N2O3/c10-7(5-1-3-11-8-5)6-2-4-12-9-6/h1-4H2. The Balaban J connectivity index is 2.08. The highest BCUT2D eigenvalue weighted by Crippen LogP contribution is 2.07. The average Bonchev–Trinajstić information content (AvgIpc) is 2.77. The highest BCUT2D eigenvalue weighted by Gasteiger charge is 2.24. The van der Waals surface area contributed by atoms with E-state index in [1.54, 1.807) is 0 Å². The molecule has 0 aromatic rings. The maximum atomic E-state index is 11.4. The summed E-state index contributed by atoms with van der Waals surface area (Å²) in [7, 11) is 0. The molecule has 0 bridgehead atoms. The summed E-state index contributed by atoms with van der Waals surface area (Å²) in [6, 6.07) is 0. The van der Waals surface area contributed by atoms with Gasteiger partial charge in [0.2, 0.25) is 5.78 Å². The van der Waals surface area contributed by atoms with Crippen LogP contribution in [0.1, 0.15) is 12.8 Å². The Morgan fingerprint density at radius 1 is 1.08 bits per heavy atom. The SMILES string of the molecule is O=C(C1=NOCC1)C1=NOCC1. The van der Waals surface area contributed by atoms with Gasteiger partial charge in [0.25, 0.3) is 0 Å². The van der Waals surface area contributed by atoms with Gasteiger partial charge in [-0.3, -0.25) is 4.79 Å². The van der Waals surface area contributed by atoms with E-state index < -0.39 is 0 Å². The Labute approximate surface area is 69.0 Å². The van der Waals surface area contributed by atoms with Crippen LogP contribution in [0.3, 0.4) is 0 Å². The predicted octanol–water partition coefficient (Wildman–Crippen LogP) is 0.108. The topological polar surface area (TPSA) is 60.2 Å². The van der Waals surface area contributed by atoms with Gasteiger partial charge < -0.3 is 9.68 Å². The first-order chi connectivity index (χ1) is 5.88. The van der Waals surface area contributed by atoms with Crippen molar-refractivity contribution in [3.63, 3.8) is 0 Å². The maximum absolute atomic E-state index is 11.4. The first-order valence-corrected chi connectivity index (χ1v) is 3.80. The molecule has 12 heavy (non-hydrogen) atoms. The van der Waals surface area contributed by atoms with E-state index in [1.165, 1.54) is 0 Å². The third-order valence-corrected chi connectivity index (χ3v) is 1.73. The van der Waals surface area contributed by atoms with Gasteiger partial charge in [-0.25, -0.2) is 0 Å². The van der Waals surface area contributed by atoms with Crippen LogP contribution in [-0.2, 0) is 14.5 Å². The van der Waals surface area contributed by atoms with Gasteiger partial charge in [0, 0.05) is 12.8 Å². The molecular formula is C7H8N2O3. The van der Waals surface area contributed by atoms with Crippen molar-refractivity contribution in [3.05, 3.63) is 0 Å². The van der Waals surface area contributed by atoms with E-state index in [1.807, 2.05) is 0 Å². The molecule has 0 aliphatic carbocycles. The fourth-order valence-electron chi connectivity index (χ4n) is 1.10. The average molecular weight is 168 g/mol. The summed E-state index contributed by atoms with van der Waals surface area (Å²) in [6.07, 6.45) is 1.16. The van der Waals surface area contributed by atoms with Crippen molar-refractivity contribution in [3.8, 4) is 0 Å². The zero-order chi connectivity index (χ0) is 8.39. The van der Waals surface area contributed by atoms with E-state index >= 15 is 0 Å². The molecule has 64 valence electrons. The smallest absolute Gasteiger partial charge is 0.228 e. The Morgan fingerprint density at radius 3 is 1.92 bits per heavy atom. The van der Waals surface area contributed by atoms with E-state index in [9.17, 15) is 4.79 Å². The molecule has 0 unspecified atom stereocenters. The molecule has 2 rings (SSSR count). The van der Waals surface area contributed by atoms with Gasteiger partial charge >= 0.3 is 0 Å². The summed E-state index contributed by atoms with van der Waals surface area (Å²) < 4.78 is 0. The van der Waals surface area contributed by atoms with Gasteiger partial charge in [-0.1, -0.05) is 10.3 Å². The third kappa shape index (κ3) is 1.17. The molecule has 0 atom stereocenters. The summed E-state index contributed by atoms with van der Waals surface area (Å²) in [5.41, 5.74) is 0.915. The molecule has 0 spiro atoms. The molecular weight excluding hydrogens is 160 g/mol. The van der Waals surface area contributed by atoms with Crippen LogP contribution >= 0.6 is 0 Å². The number of nitrogens with zero attached hydrogens (tertiary/aromatic N) is 2. The molecule has 0 aromatic heterocycles. The Morgan fingerprint density at radius 2 is 1.58 bits per heavy atom. The van der Waals surface area contributed by atoms with E-state index in [2.05, 4.69) is 10.3 Å². The number of oxime groups is 2. The minimum Gasteiger partial charge on any atom is -0.395 e. The number of rotatable bonds is 2. The minimum atomic E-state index is -0.134. The molecule has 2 heterocycles.